The normalized spacial score (nSPS) is 10.7. The van der Waals surface area contributed by atoms with Gasteiger partial charge in [0.15, 0.2) is 5.65 Å². The van der Waals surface area contributed by atoms with Crippen LogP contribution in [-0.4, -0.2) is 24.8 Å². The third-order valence-electron chi connectivity index (χ3n) is 3.04. The van der Waals surface area contributed by atoms with Crippen LogP contribution in [0.15, 0.2) is 29.2 Å². The van der Waals surface area contributed by atoms with E-state index < -0.39 is 5.82 Å². The van der Waals surface area contributed by atoms with E-state index in [-0.39, 0.29) is 17.7 Å². The Morgan fingerprint density at radius 2 is 2.19 bits per heavy atom. The van der Waals surface area contributed by atoms with E-state index in [2.05, 4.69) is 15.4 Å². The summed E-state index contributed by atoms with van der Waals surface area (Å²) in [7, 11) is 1.66. The molecule has 0 fully saturated rings. The first-order valence-corrected chi connectivity index (χ1v) is 6.03. The number of hydrogen-bond donors (Lipinski definition) is 0. The first-order valence-electron chi connectivity index (χ1n) is 6.03. The van der Waals surface area contributed by atoms with Crippen LogP contribution in [0.1, 0.15) is 11.1 Å². The zero-order chi connectivity index (χ0) is 15.0. The molecule has 8 heteroatoms. The minimum absolute atomic E-state index is 0.0309. The van der Waals surface area contributed by atoms with Crippen LogP contribution in [-0.2, 0) is 13.6 Å². The molecule has 3 aromatic rings. The Kier molecular flexibility index (Phi) is 2.95. The van der Waals surface area contributed by atoms with Crippen molar-refractivity contribution in [3.63, 3.8) is 0 Å². The molecule has 0 N–H and O–H groups in total. The van der Waals surface area contributed by atoms with Gasteiger partial charge in [0.2, 0.25) is 0 Å². The second-order valence-electron chi connectivity index (χ2n) is 4.52. The predicted molar refractivity (Wildman–Crippen MR) is 70.8 cm³/mol. The number of rotatable bonds is 2. The molecule has 0 aliphatic carbocycles. The number of nitrogens with zero attached hydrogens (tertiary/aromatic N) is 6. The van der Waals surface area contributed by atoms with Crippen molar-refractivity contribution in [2.75, 3.05) is 0 Å². The molecule has 2 aromatic heterocycles. The molecular formula is C13H9FN6O. The van der Waals surface area contributed by atoms with Crippen molar-refractivity contribution >= 4 is 11.0 Å². The molecule has 0 unspecified atom stereocenters. The number of aromatic nitrogens is 5. The van der Waals surface area contributed by atoms with Crippen LogP contribution in [0, 0.1) is 17.1 Å². The lowest BCUT2D eigenvalue weighted by molar-refractivity contribution is 0.586. The summed E-state index contributed by atoms with van der Waals surface area (Å²) in [6, 6.07) is 5.75. The van der Waals surface area contributed by atoms with Crippen molar-refractivity contribution in [2.45, 2.75) is 6.54 Å². The highest BCUT2D eigenvalue weighted by atomic mass is 19.1. The molecule has 0 spiro atoms. The molecule has 0 bridgehead atoms. The summed E-state index contributed by atoms with van der Waals surface area (Å²) in [6.45, 7) is 0.0309. The second-order valence-corrected chi connectivity index (χ2v) is 4.52. The predicted octanol–water partition coefficient (Wildman–Crippen LogP) is 0.584. The van der Waals surface area contributed by atoms with Crippen LogP contribution in [0.3, 0.4) is 0 Å². The van der Waals surface area contributed by atoms with Crippen molar-refractivity contribution < 1.29 is 4.39 Å². The first kappa shape index (κ1) is 12.9. The SMILES string of the molecule is Cn1ncc2c(=O)n(Cc3cc(F)cc(C#N)c3)nnc21. The molecule has 21 heavy (non-hydrogen) atoms. The Morgan fingerprint density at radius 1 is 1.38 bits per heavy atom. The fourth-order valence-corrected chi connectivity index (χ4v) is 2.06. The zero-order valence-corrected chi connectivity index (χ0v) is 11.0. The summed E-state index contributed by atoms with van der Waals surface area (Å²) in [5, 5.41) is 20.8. The van der Waals surface area contributed by atoms with Crippen LogP contribution in [0.2, 0.25) is 0 Å². The topological polar surface area (TPSA) is 89.4 Å². The van der Waals surface area contributed by atoms with Gasteiger partial charge in [0.1, 0.15) is 11.2 Å². The van der Waals surface area contributed by atoms with E-state index in [1.54, 1.807) is 7.05 Å². The molecule has 0 saturated carbocycles. The fourth-order valence-electron chi connectivity index (χ4n) is 2.06. The smallest absolute Gasteiger partial charge is 0.267 e. The van der Waals surface area contributed by atoms with Crippen molar-refractivity contribution in [2.24, 2.45) is 7.05 Å². The lowest BCUT2D eigenvalue weighted by atomic mass is 10.1. The van der Waals surface area contributed by atoms with Gasteiger partial charge in [0.25, 0.3) is 5.56 Å². The number of fused-ring (bicyclic) bond motifs is 1. The summed E-state index contributed by atoms with van der Waals surface area (Å²) in [4.78, 5) is 12.2. The first-order chi connectivity index (χ1) is 10.1. The van der Waals surface area contributed by atoms with Crippen LogP contribution in [0.25, 0.3) is 11.0 Å². The van der Waals surface area contributed by atoms with E-state index in [1.807, 2.05) is 6.07 Å². The highest BCUT2D eigenvalue weighted by Gasteiger charge is 2.10. The summed E-state index contributed by atoms with van der Waals surface area (Å²) in [5.41, 5.74) is 0.670. The quantitative estimate of drug-likeness (QED) is 0.687. The molecule has 2 heterocycles. The Morgan fingerprint density at radius 3 is 2.95 bits per heavy atom. The minimum Gasteiger partial charge on any atom is -0.267 e. The van der Waals surface area contributed by atoms with Gasteiger partial charge in [-0.15, -0.1) is 5.10 Å². The molecular weight excluding hydrogens is 275 g/mol. The fraction of sp³-hybridized carbons (Fsp3) is 0.154. The molecule has 0 radical (unpaired) electrons. The Hall–Kier alpha value is -3.08. The van der Waals surface area contributed by atoms with E-state index >= 15 is 0 Å². The van der Waals surface area contributed by atoms with Gasteiger partial charge in [-0.25, -0.2) is 13.8 Å². The van der Waals surface area contributed by atoms with Crippen LogP contribution in [0.5, 0.6) is 0 Å². The standard InChI is InChI=1S/C13H9FN6O/c1-19-12-11(6-16-19)13(21)20(18-17-12)7-9-2-8(5-15)3-10(14)4-9/h2-4,6H,7H2,1H3. The van der Waals surface area contributed by atoms with Gasteiger partial charge in [-0.3, -0.25) is 4.79 Å². The van der Waals surface area contributed by atoms with Crippen molar-refractivity contribution in [3.05, 3.63) is 51.7 Å². The van der Waals surface area contributed by atoms with Gasteiger partial charge in [-0.05, 0) is 23.8 Å². The number of nitriles is 1. The molecule has 0 aliphatic heterocycles. The second kappa shape index (κ2) is 4.79. The number of hydrogen-bond acceptors (Lipinski definition) is 5. The number of halogens is 1. The monoisotopic (exact) mass is 284 g/mol. The minimum atomic E-state index is -0.535. The summed E-state index contributed by atoms with van der Waals surface area (Å²) in [5.74, 6) is -0.535. The van der Waals surface area contributed by atoms with Gasteiger partial charge in [0, 0.05) is 7.05 Å². The average Bonchev–Trinajstić information content (AvgIpc) is 2.83. The van der Waals surface area contributed by atoms with Gasteiger partial charge in [0.05, 0.1) is 24.4 Å². The van der Waals surface area contributed by atoms with E-state index in [4.69, 9.17) is 5.26 Å². The van der Waals surface area contributed by atoms with Crippen LogP contribution in [0.4, 0.5) is 4.39 Å². The maximum atomic E-state index is 13.4. The van der Waals surface area contributed by atoms with Crippen molar-refractivity contribution in [1.29, 1.82) is 5.26 Å². The van der Waals surface area contributed by atoms with Gasteiger partial charge in [-0.2, -0.15) is 10.4 Å². The third-order valence-corrected chi connectivity index (χ3v) is 3.04. The van der Waals surface area contributed by atoms with Crippen LogP contribution >= 0.6 is 0 Å². The molecule has 0 saturated heterocycles. The van der Waals surface area contributed by atoms with Gasteiger partial charge < -0.3 is 0 Å². The van der Waals surface area contributed by atoms with Gasteiger partial charge >= 0.3 is 0 Å². The molecule has 7 nitrogen and oxygen atoms in total. The summed E-state index contributed by atoms with van der Waals surface area (Å²) in [6.07, 6.45) is 1.41. The molecule has 1 aromatic carbocycles. The van der Waals surface area contributed by atoms with Gasteiger partial charge in [-0.1, -0.05) is 5.21 Å². The molecule has 3 rings (SSSR count). The Labute approximate surface area is 117 Å². The van der Waals surface area contributed by atoms with Crippen molar-refractivity contribution in [1.82, 2.24) is 24.8 Å². The number of benzene rings is 1. The molecule has 104 valence electrons. The van der Waals surface area contributed by atoms with E-state index in [9.17, 15) is 9.18 Å². The maximum absolute atomic E-state index is 13.4. The highest BCUT2D eigenvalue weighted by molar-refractivity contribution is 5.72. The lowest BCUT2D eigenvalue weighted by Gasteiger charge is -2.04. The molecule has 0 aliphatic rings. The average molecular weight is 284 g/mol. The Balaban J connectivity index is 2.06. The third kappa shape index (κ3) is 2.25. The van der Waals surface area contributed by atoms with E-state index in [0.717, 1.165) is 10.7 Å². The summed E-state index contributed by atoms with van der Waals surface area (Å²) < 4.78 is 15.9. The van der Waals surface area contributed by atoms with E-state index in [0.29, 0.717) is 16.6 Å². The Bertz CT molecular complexity index is 936. The van der Waals surface area contributed by atoms with Crippen LogP contribution < -0.4 is 5.56 Å². The van der Waals surface area contributed by atoms with Crippen molar-refractivity contribution in [3.8, 4) is 6.07 Å². The van der Waals surface area contributed by atoms with E-state index in [1.165, 1.54) is 23.0 Å². The number of aryl methyl sites for hydroxylation is 1. The highest BCUT2D eigenvalue weighted by Crippen LogP contribution is 2.10. The molecule has 0 amide bonds. The largest absolute Gasteiger partial charge is 0.281 e. The lowest BCUT2D eigenvalue weighted by Crippen LogP contribution is -2.24. The molecule has 0 atom stereocenters. The zero-order valence-electron chi connectivity index (χ0n) is 11.0. The maximum Gasteiger partial charge on any atom is 0.281 e. The summed E-state index contributed by atoms with van der Waals surface area (Å²) >= 11 is 0.